The van der Waals surface area contributed by atoms with Gasteiger partial charge in [-0.1, -0.05) is 34.8 Å². The fraction of sp³-hybridized carbons (Fsp3) is 0.571. The lowest BCUT2D eigenvalue weighted by atomic mass is 10.3. The van der Waals surface area contributed by atoms with Gasteiger partial charge in [-0.25, -0.2) is 0 Å². The maximum atomic E-state index is 9.81. The van der Waals surface area contributed by atoms with Crippen LogP contribution in [0.2, 0.25) is 15.1 Å². The van der Waals surface area contributed by atoms with Crippen molar-refractivity contribution in [2.45, 2.75) is 26.1 Å². The highest BCUT2D eigenvalue weighted by Crippen LogP contribution is 2.33. The van der Waals surface area contributed by atoms with Gasteiger partial charge in [0.05, 0.1) is 47.8 Å². The van der Waals surface area contributed by atoms with Gasteiger partial charge in [0.2, 0.25) is 0 Å². The van der Waals surface area contributed by atoms with Crippen LogP contribution in [0.15, 0.2) is 12.1 Å². The fourth-order valence-corrected chi connectivity index (χ4v) is 2.50. The van der Waals surface area contributed by atoms with E-state index >= 15 is 0 Å². The van der Waals surface area contributed by atoms with Crippen molar-refractivity contribution >= 4 is 40.5 Å². The Hall–Kier alpha value is -0.230. The zero-order valence-electron chi connectivity index (χ0n) is 12.0. The van der Waals surface area contributed by atoms with Crippen LogP contribution in [0.3, 0.4) is 0 Å². The predicted molar refractivity (Wildman–Crippen MR) is 87.9 cm³/mol. The molecule has 0 aliphatic carbocycles. The quantitative estimate of drug-likeness (QED) is 0.660. The average molecular weight is 357 g/mol. The Labute approximate surface area is 140 Å². The molecule has 7 heteroatoms. The van der Waals surface area contributed by atoms with Crippen LogP contribution in [0.5, 0.6) is 0 Å². The van der Waals surface area contributed by atoms with E-state index in [2.05, 4.69) is 5.32 Å². The SMILES string of the molecule is CC(C)OCCOCC(O)CNc1c(Cl)cc(Cl)cc1Cl. The summed E-state index contributed by atoms with van der Waals surface area (Å²) in [6.45, 7) is 5.34. The summed E-state index contributed by atoms with van der Waals surface area (Å²) in [5, 5.41) is 14.1. The van der Waals surface area contributed by atoms with E-state index in [1.807, 2.05) is 13.8 Å². The van der Waals surface area contributed by atoms with Crippen molar-refractivity contribution in [3.63, 3.8) is 0 Å². The molecule has 0 heterocycles. The predicted octanol–water partition coefficient (Wildman–Crippen LogP) is 3.86. The van der Waals surface area contributed by atoms with Crippen LogP contribution in [-0.4, -0.2) is 43.7 Å². The molecule has 1 aromatic rings. The van der Waals surface area contributed by atoms with E-state index in [9.17, 15) is 5.11 Å². The van der Waals surface area contributed by atoms with Crippen molar-refractivity contribution in [3.05, 3.63) is 27.2 Å². The first-order valence-electron chi connectivity index (χ1n) is 6.66. The smallest absolute Gasteiger partial charge is 0.0945 e. The molecule has 4 nitrogen and oxygen atoms in total. The standard InChI is InChI=1S/C14H20Cl3NO3/c1-9(2)21-4-3-20-8-11(19)7-18-14-12(16)5-10(15)6-13(14)17/h5-6,9,11,18-19H,3-4,7-8H2,1-2H3. The Bertz CT molecular complexity index is 420. The number of ether oxygens (including phenoxy) is 2. The molecule has 0 aliphatic rings. The molecule has 0 saturated heterocycles. The number of rotatable bonds is 9. The van der Waals surface area contributed by atoms with Gasteiger partial charge in [-0.3, -0.25) is 0 Å². The molecule has 120 valence electrons. The third kappa shape index (κ3) is 7.54. The van der Waals surface area contributed by atoms with Crippen LogP contribution >= 0.6 is 34.8 Å². The summed E-state index contributed by atoms with van der Waals surface area (Å²) >= 11 is 17.9. The van der Waals surface area contributed by atoms with Crippen molar-refractivity contribution in [1.29, 1.82) is 0 Å². The van der Waals surface area contributed by atoms with Crippen LogP contribution in [0.1, 0.15) is 13.8 Å². The molecule has 2 N–H and O–H groups in total. The van der Waals surface area contributed by atoms with Gasteiger partial charge in [-0.2, -0.15) is 0 Å². The normalized spacial score (nSPS) is 12.7. The molecule has 0 radical (unpaired) electrons. The first-order valence-corrected chi connectivity index (χ1v) is 7.79. The highest BCUT2D eigenvalue weighted by molar-refractivity contribution is 6.41. The second-order valence-corrected chi connectivity index (χ2v) is 6.02. The molecule has 0 bridgehead atoms. The molecule has 1 aromatic carbocycles. The third-order valence-corrected chi connectivity index (χ3v) is 3.32. The molecule has 21 heavy (non-hydrogen) atoms. The lowest BCUT2D eigenvalue weighted by Crippen LogP contribution is -2.26. The minimum absolute atomic E-state index is 0.175. The molecule has 0 amide bonds. The minimum atomic E-state index is -0.674. The maximum absolute atomic E-state index is 9.81. The van der Waals surface area contributed by atoms with Crippen molar-refractivity contribution in [2.24, 2.45) is 0 Å². The molecular formula is C14H20Cl3NO3. The minimum Gasteiger partial charge on any atom is -0.389 e. The Morgan fingerprint density at radius 2 is 1.76 bits per heavy atom. The number of halogens is 3. The molecule has 0 aliphatic heterocycles. The lowest BCUT2D eigenvalue weighted by molar-refractivity contribution is -0.00734. The zero-order valence-corrected chi connectivity index (χ0v) is 14.3. The Kier molecular flexibility index (Phi) is 8.71. The molecule has 1 rings (SSSR count). The maximum Gasteiger partial charge on any atom is 0.0945 e. The number of benzene rings is 1. The Morgan fingerprint density at radius 3 is 2.33 bits per heavy atom. The summed E-state index contributed by atoms with van der Waals surface area (Å²) in [7, 11) is 0. The van der Waals surface area contributed by atoms with Crippen LogP contribution < -0.4 is 5.32 Å². The van der Waals surface area contributed by atoms with Crippen molar-refractivity contribution in [2.75, 3.05) is 31.7 Å². The van der Waals surface area contributed by atoms with E-state index in [0.717, 1.165) is 0 Å². The van der Waals surface area contributed by atoms with Gasteiger partial charge in [-0.05, 0) is 26.0 Å². The highest BCUT2D eigenvalue weighted by Gasteiger charge is 2.10. The van der Waals surface area contributed by atoms with Crippen LogP contribution in [0, 0.1) is 0 Å². The summed E-state index contributed by atoms with van der Waals surface area (Å²) in [6, 6.07) is 3.17. The fourth-order valence-electron chi connectivity index (χ4n) is 1.55. The number of hydrogen-bond donors (Lipinski definition) is 2. The van der Waals surface area contributed by atoms with Crippen molar-refractivity contribution in [1.82, 2.24) is 0 Å². The van der Waals surface area contributed by atoms with E-state index in [0.29, 0.717) is 34.0 Å². The van der Waals surface area contributed by atoms with Crippen molar-refractivity contribution in [3.8, 4) is 0 Å². The molecule has 0 fully saturated rings. The van der Waals surface area contributed by atoms with Crippen LogP contribution in [0.4, 0.5) is 5.69 Å². The van der Waals surface area contributed by atoms with Crippen molar-refractivity contribution < 1.29 is 14.6 Å². The Morgan fingerprint density at radius 1 is 1.14 bits per heavy atom. The first kappa shape index (κ1) is 18.8. The van der Waals surface area contributed by atoms with Gasteiger partial charge in [0, 0.05) is 11.6 Å². The zero-order chi connectivity index (χ0) is 15.8. The highest BCUT2D eigenvalue weighted by atomic mass is 35.5. The lowest BCUT2D eigenvalue weighted by Gasteiger charge is -2.15. The van der Waals surface area contributed by atoms with Gasteiger partial charge < -0.3 is 19.9 Å². The summed E-state index contributed by atoms with van der Waals surface area (Å²) in [5.41, 5.74) is 0.546. The number of aliphatic hydroxyl groups is 1. The first-order chi connectivity index (χ1) is 9.90. The van der Waals surface area contributed by atoms with Gasteiger partial charge in [0.15, 0.2) is 0 Å². The molecule has 1 unspecified atom stereocenters. The molecular weight excluding hydrogens is 337 g/mol. The Balaban J connectivity index is 2.29. The number of anilines is 1. The number of hydrogen-bond acceptors (Lipinski definition) is 4. The summed E-state index contributed by atoms with van der Waals surface area (Å²) in [6.07, 6.45) is -0.499. The van der Waals surface area contributed by atoms with Crippen LogP contribution in [-0.2, 0) is 9.47 Å². The topological polar surface area (TPSA) is 50.7 Å². The second-order valence-electron chi connectivity index (χ2n) is 4.77. The second kappa shape index (κ2) is 9.72. The average Bonchev–Trinajstić information content (AvgIpc) is 2.36. The third-order valence-electron chi connectivity index (χ3n) is 2.51. The number of nitrogens with one attached hydrogen (secondary N) is 1. The van der Waals surface area contributed by atoms with Gasteiger partial charge in [0.25, 0.3) is 0 Å². The van der Waals surface area contributed by atoms with E-state index in [1.165, 1.54) is 0 Å². The molecule has 0 spiro atoms. The molecule has 0 saturated carbocycles. The van der Waals surface area contributed by atoms with Gasteiger partial charge in [-0.15, -0.1) is 0 Å². The van der Waals surface area contributed by atoms with Gasteiger partial charge in [0.1, 0.15) is 0 Å². The van der Waals surface area contributed by atoms with E-state index < -0.39 is 6.10 Å². The summed E-state index contributed by atoms with van der Waals surface area (Å²) in [5.74, 6) is 0. The molecule has 0 aromatic heterocycles. The molecule has 1 atom stereocenters. The largest absolute Gasteiger partial charge is 0.389 e. The van der Waals surface area contributed by atoms with E-state index in [4.69, 9.17) is 44.3 Å². The van der Waals surface area contributed by atoms with E-state index in [-0.39, 0.29) is 19.3 Å². The number of aliphatic hydroxyl groups excluding tert-OH is 1. The van der Waals surface area contributed by atoms with E-state index in [1.54, 1.807) is 12.1 Å². The summed E-state index contributed by atoms with van der Waals surface area (Å²) < 4.78 is 10.6. The van der Waals surface area contributed by atoms with Crippen LogP contribution in [0.25, 0.3) is 0 Å². The summed E-state index contributed by atoms with van der Waals surface area (Å²) in [4.78, 5) is 0. The monoisotopic (exact) mass is 355 g/mol. The van der Waals surface area contributed by atoms with Gasteiger partial charge >= 0.3 is 0 Å².